The van der Waals surface area contributed by atoms with E-state index < -0.39 is 17.3 Å². The summed E-state index contributed by atoms with van der Waals surface area (Å²) in [5.41, 5.74) is -0.207. The summed E-state index contributed by atoms with van der Waals surface area (Å²) >= 11 is 3.85. The molecule has 0 saturated heterocycles. The van der Waals surface area contributed by atoms with Gasteiger partial charge in [-0.15, -0.1) is 0 Å². The summed E-state index contributed by atoms with van der Waals surface area (Å²) < 4.78 is 12.8. The lowest BCUT2D eigenvalue weighted by Gasteiger charge is -1.96. The first-order valence-electron chi connectivity index (χ1n) is 3.63. The van der Waals surface area contributed by atoms with Crippen LogP contribution in [0.1, 0.15) is 16.1 Å². The molecule has 0 saturated carbocycles. The summed E-state index contributed by atoms with van der Waals surface area (Å²) in [5.74, 6) is 3.27. The highest BCUT2D eigenvalue weighted by molar-refractivity contribution is 7.80. The maximum absolute atomic E-state index is 12.8. The minimum absolute atomic E-state index is 0.220. The fourth-order valence-corrected chi connectivity index (χ4v) is 0.880. The average Bonchev–Trinajstić information content (AvgIpc) is 2.16. The number of rotatable bonds is 1. The number of thiol groups is 1. The first-order chi connectivity index (χ1) is 6.65. The van der Waals surface area contributed by atoms with Crippen molar-refractivity contribution in [2.24, 2.45) is 0 Å². The van der Waals surface area contributed by atoms with Crippen LogP contribution in [0.25, 0.3) is 0 Å². The standard InChI is InChI=1S/C9H6FNO2S/c10-8-5-11-6(2-1-3-14)4-7(8)9(12)13/h4-5,14H,3H2,(H,12,13). The van der Waals surface area contributed by atoms with Crippen LogP contribution in [-0.2, 0) is 0 Å². The number of carboxylic acids is 1. The monoisotopic (exact) mass is 211 g/mol. The number of nitrogens with zero attached hydrogens (tertiary/aromatic N) is 1. The summed E-state index contributed by atoms with van der Waals surface area (Å²) in [5, 5.41) is 8.58. The summed E-state index contributed by atoms with van der Waals surface area (Å²) in [6.07, 6.45) is 0.839. The van der Waals surface area contributed by atoms with Gasteiger partial charge in [-0.05, 0) is 12.0 Å². The third kappa shape index (κ3) is 2.47. The van der Waals surface area contributed by atoms with Gasteiger partial charge in [0.05, 0.1) is 17.5 Å². The molecule has 0 aliphatic heterocycles. The lowest BCUT2D eigenvalue weighted by molar-refractivity contribution is 0.0691. The minimum Gasteiger partial charge on any atom is -0.478 e. The maximum atomic E-state index is 12.8. The van der Waals surface area contributed by atoms with E-state index in [0.29, 0.717) is 5.75 Å². The first kappa shape index (κ1) is 10.5. The number of carbonyl (C=O) groups is 1. The van der Waals surface area contributed by atoms with Gasteiger partial charge in [-0.2, -0.15) is 12.6 Å². The first-order valence-corrected chi connectivity index (χ1v) is 4.27. The van der Waals surface area contributed by atoms with Crippen molar-refractivity contribution < 1.29 is 14.3 Å². The second-order valence-electron chi connectivity index (χ2n) is 2.31. The number of halogens is 1. The van der Waals surface area contributed by atoms with Crippen molar-refractivity contribution in [2.75, 3.05) is 5.75 Å². The summed E-state index contributed by atoms with van der Waals surface area (Å²) in [4.78, 5) is 14.1. The van der Waals surface area contributed by atoms with Crippen molar-refractivity contribution in [1.82, 2.24) is 4.98 Å². The second-order valence-corrected chi connectivity index (χ2v) is 2.63. The number of aromatic nitrogens is 1. The molecule has 0 spiro atoms. The van der Waals surface area contributed by atoms with Crippen LogP contribution in [0.4, 0.5) is 4.39 Å². The van der Waals surface area contributed by atoms with E-state index in [9.17, 15) is 9.18 Å². The van der Waals surface area contributed by atoms with Crippen LogP contribution in [0.5, 0.6) is 0 Å². The van der Waals surface area contributed by atoms with Gasteiger partial charge >= 0.3 is 5.97 Å². The van der Waals surface area contributed by atoms with E-state index in [1.165, 1.54) is 0 Å². The zero-order valence-electron chi connectivity index (χ0n) is 6.99. The Kier molecular flexibility index (Phi) is 3.48. The maximum Gasteiger partial charge on any atom is 0.338 e. The zero-order chi connectivity index (χ0) is 10.6. The van der Waals surface area contributed by atoms with Gasteiger partial charge in [0.1, 0.15) is 5.69 Å². The van der Waals surface area contributed by atoms with E-state index in [-0.39, 0.29) is 5.69 Å². The van der Waals surface area contributed by atoms with Crippen molar-refractivity contribution in [3.05, 3.63) is 29.3 Å². The van der Waals surface area contributed by atoms with Gasteiger partial charge in [0, 0.05) is 0 Å². The van der Waals surface area contributed by atoms with Crippen LogP contribution in [-0.4, -0.2) is 21.8 Å². The molecular formula is C9H6FNO2S. The molecule has 1 aromatic rings. The van der Waals surface area contributed by atoms with E-state index >= 15 is 0 Å². The Hall–Kier alpha value is -1.54. The second kappa shape index (κ2) is 4.63. The van der Waals surface area contributed by atoms with Crippen LogP contribution in [0, 0.1) is 17.7 Å². The summed E-state index contributed by atoms with van der Waals surface area (Å²) in [7, 11) is 0. The van der Waals surface area contributed by atoms with E-state index in [1.807, 2.05) is 0 Å². The molecule has 14 heavy (non-hydrogen) atoms. The number of carboxylic acid groups (broad SMARTS) is 1. The van der Waals surface area contributed by atoms with Crippen molar-refractivity contribution in [1.29, 1.82) is 0 Å². The molecule has 0 unspecified atom stereocenters. The minimum atomic E-state index is -1.33. The Labute approximate surface area is 85.4 Å². The fourth-order valence-electron chi connectivity index (χ4n) is 0.801. The van der Waals surface area contributed by atoms with Crippen LogP contribution < -0.4 is 0 Å². The van der Waals surface area contributed by atoms with Crippen molar-refractivity contribution in [3.63, 3.8) is 0 Å². The van der Waals surface area contributed by atoms with Gasteiger partial charge in [-0.3, -0.25) is 0 Å². The zero-order valence-corrected chi connectivity index (χ0v) is 7.88. The highest BCUT2D eigenvalue weighted by atomic mass is 32.1. The van der Waals surface area contributed by atoms with E-state index in [0.717, 1.165) is 12.3 Å². The molecule has 0 radical (unpaired) electrons. The number of hydrogen-bond acceptors (Lipinski definition) is 3. The van der Waals surface area contributed by atoms with Gasteiger partial charge in [-0.1, -0.05) is 5.92 Å². The van der Waals surface area contributed by atoms with Gasteiger partial charge in [0.15, 0.2) is 5.82 Å². The third-order valence-corrected chi connectivity index (χ3v) is 1.54. The fraction of sp³-hybridized carbons (Fsp3) is 0.111. The smallest absolute Gasteiger partial charge is 0.338 e. The molecule has 72 valence electrons. The van der Waals surface area contributed by atoms with Crippen LogP contribution in [0.15, 0.2) is 12.3 Å². The summed E-state index contributed by atoms with van der Waals surface area (Å²) in [6, 6.07) is 1.09. The SMILES string of the molecule is O=C(O)c1cc(C#CCS)ncc1F. The predicted molar refractivity (Wildman–Crippen MR) is 51.9 cm³/mol. The molecule has 0 atom stereocenters. The Morgan fingerprint density at radius 2 is 2.43 bits per heavy atom. The molecule has 1 aromatic heterocycles. The molecule has 5 heteroatoms. The predicted octanol–water partition coefficient (Wildman–Crippen LogP) is 1.20. The average molecular weight is 211 g/mol. The van der Waals surface area contributed by atoms with Crippen molar-refractivity contribution in [2.45, 2.75) is 0 Å². The van der Waals surface area contributed by atoms with Gasteiger partial charge in [0.2, 0.25) is 0 Å². The number of hydrogen-bond donors (Lipinski definition) is 2. The van der Waals surface area contributed by atoms with E-state index in [1.54, 1.807) is 0 Å². The lowest BCUT2D eigenvalue weighted by Crippen LogP contribution is -2.02. The number of aromatic carboxylic acids is 1. The van der Waals surface area contributed by atoms with Crippen molar-refractivity contribution >= 4 is 18.6 Å². The third-order valence-electron chi connectivity index (χ3n) is 1.38. The molecule has 3 nitrogen and oxygen atoms in total. The lowest BCUT2D eigenvalue weighted by atomic mass is 10.2. The molecule has 1 N–H and O–H groups in total. The normalized spacial score (nSPS) is 9.00. The van der Waals surface area contributed by atoms with E-state index in [4.69, 9.17) is 5.11 Å². The molecule has 0 amide bonds. The molecule has 0 aliphatic rings. The van der Waals surface area contributed by atoms with Gasteiger partial charge in [-0.25, -0.2) is 14.2 Å². The molecule has 1 rings (SSSR count). The van der Waals surface area contributed by atoms with Crippen LogP contribution in [0.3, 0.4) is 0 Å². The Morgan fingerprint density at radius 3 is 3.00 bits per heavy atom. The quantitative estimate of drug-likeness (QED) is 0.542. The Bertz CT molecular complexity index is 423. The Balaban J connectivity index is 3.13. The highest BCUT2D eigenvalue weighted by Gasteiger charge is 2.10. The topological polar surface area (TPSA) is 50.2 Å². The van der Waals surface area contributed by atoms with Crippen LogP contribution >= 0.6 is 12.6 Å². The van der Waals surface area contributed by atoms with E-state index in [2.05, 4.69) is 29.5 Å². The Morgan fingerprint density at radius 1 is 1.71 bits per heavy atom. The molecule has 1 heterocycles. The molecular weight excluding hydrogens is 205 g/mol. The highest BCUT2D eigenvalue weighted by Crippen LogP contribution is 2.06. The molecule has 0 aromatic carbocycles. The van der Waals surface area contributed by atoms with Crippen molar-refractivity contribution in [3.8, 4) is 11.8 Å². The largest absolute Gasteiger partial charge is 0.478 e. The molecule has 0 aliphatic carbocycles. The molecule has 0 bridgehead atoms. The molecule has 0 fully saturated rings. The summed E-state index contributed by atoms with van der Waals surface area (Å²) in [6.45, 7) is 0. The van der Waals surface area contributed by atoms with Gasteiger partial charge < -0.3 is 5.11 Å². The van der Waals surface area contributed by atoms with Crippen LogP contribution in [0.2, 0.25) is 0 Å². The van der Waals surface area contributed by atoms with Gasteiger partial charge in [0.25, 0.3) is 0 Å². The number of pyridine rings is 1.